The van der Waals surface area contributed by atoms with Crippen molar-refractivity contribution >= 4 is 11.8 Å². The molecule has 1 nitrogen and oxygen atoms in total. The van der Waals surface area contributed by atoms with E-state index >= 15 is 0 Å². The van der Waals surface area contributed by atoms with E-state index in [0.717, 1.165) is 17.2 Å². The third-order valence-electron chi connectivity index (χ3n) is 2.41. The summed E-state index contributed by atoms with van der Waals surface area (Å²) in [5.41, 5.74) is 0. The summed E-state index contributed by atoms with van der Waals surface area (Å²) in [7, 11) is 0. The van der Waals surface area contributed by atoms with Crippen molar-refractivity contribution < 1.29 is 4.39 Å². The van der Waals surface area contributed by atoms with Gasteiger partial charge in [0, 0.05) is 16.7 Å². The molecule has 0 aromatic heterocycles. The Labute approximate surface area is 88.1 Å². The normalized spacial score (nSPS) is 21.4. The SMILES string of the molecule is Fc1cccc(SC[C@H]2CCCN2)c1. The molecular weight excluding hydrogens is 197 g/mol. The average Bonchev–Trinajstić information content (AvgIpc) is 2.67. The molecule has 0 spiro atoms. The van der Waals surface area contributed by atoms with Crippen molar-refractivity contribution in [3.05, 3.63) is 30.1 Å². The van der Waals surface area contributed by atoms with E-state index in [0.29, 0.717) is 6.04 Å². The molecule has 1 aromatic rings. The van der Waals surface area contributed by atoms with Crippen molar-refractivity contribution in [3.63, 3.8) is 0 Å². The van der Waals surface area contributed by atoms with Crippen LogP contribution in [-0.2, 0) is 0 Å². The van der Waals surface area contributed by atoms with Gasteiger partial charge in [-0.3, -0.25) is 0 Å². The van der Waals surface area contributed by atoms with E-state index in [1.165, 1.54) is 18.9 Å². The van der Waals surface area contributed by atoms with Gasteiger partial charge in [-0.25, -0.2) is 4.39 Å². The highest BCUT2D eigenvalue weighted by Crippen LogP contribution is 2.21. The molecule has 0 radical (unpaired) electrons. The van der Waals surface area contributed by atoms with E-state index in [1.807, 2.05) is 6.07 Å². The summed E-state index contributed by atoms with van der Waals surface area (Å²) < 4.78 is 12.8. The zero-order valence-corrected chi connectivity index (χ0v) is 8.82. The summed E-state index contributed by atoms with van der Waals surface area (Å²) >= 11 is 1.73. The molecule has 2 rings (SSSR count). The number of rotatable bonds is 3. The van der Waals surface area contributed by atoms with Crippen LogP contribution in [0.25, 0.3) is 0 Å². The van der Waals surface area contributed by atoms with Crippen LogP contribution in [0.1, 0.15) is 12.8 Å². The van der Waals surface area contributed by atoms with E-state index in [4.69, 9.17) is 0 Å². The maximum Gasteiger partial charge on any atom is 0.124 e. The molecule has 1 fully saturated rings. The molecule has 1 aliphatic heterocycles. The molecule has 1 heterocycles. The third-order valence-corrected chi connectivity index (χ3v) is 3.57. The number of benzene rings is 1. The van der Waals surface area contributed by atoms with Crippen LogP contribution in [-0.4, -0.2) is 18.3 Å². The second-order valence-electron chi connectivity index (χ2n) is 3.56. The molecule has 1 N–H and O–H groups in total. The van der Waals surface area contributed by atoms with Crippen LogP contribution in [0.15, 0.2) is 29.2 Å². The van der Waals surface area contributed by atoms with Crippen molar-refractivity contribution in [1.29, 1.82) is 0 Å². The first kappa shape index (κ1) is 9.99. The number of hydrogen-bond donors (Lipinski definition) is 1. The number of hydrogen-bond acceptors (Lipinski definition) is 2. The minimum absolute atomic E-state index is 0.144. The highest BCUT2D eigenvalue weighted by molar-refractivity contribution is 7.99. The second kappa shape index (κ2) is 4.80. The second-order valence-corrected chi connectivity index (χ2v) is 4.66. The van der Waals surface area contributed by atoms with Gasteiger partial charge < -0.3 is 5.32 Å². The van der Waals surface area contributed by atoms with Gasteiger partial charge in [0.25, 0.3) is 0 Å². The molecule has 0 amide bonds. The predicted molar refractivity (Wildman–Crippen MR) is 58.1 cm³/mol. The zero-order chi connectivity index (χ0) is 9.80. The highest BCUT2D eigenvalue weighted by atomic mass is 32.2. The van der Waals surface area contributed by atoms with Gasteiger partial charge in [-0.05, 0) is 37.6 Å². The van der Waals surface area contributed by atoms with E-state index in [1.54, 1.807) is 23.9 Å². The maximum atomic E-state index is 12.8. The third kappa shape index (κ3) is 2.72. The van der Waals surface area contributed by atoms with E-state index in [-0.39, 0.29) is 5.82 Å². The first-order chi connectivity index (χ1) is 6.84. The molecule has 0 unspecified atom stereocenters. The summed E-state index contributed by atoms with van der Waals surface area (Å²) in [5.74, 6) is 0.901. The van der Waals surface area contributed by atoms with Crippen LogP contribution in [0.2, 0.25) is 0 Å². The van der Waals surface area contributed by atoms with Crippen molar-refractivity contribution in [3.8, 4) is 0 Å². The van der Waals surface area contributed by atoms with Gasteiger partial charge in [-0.15, -0.1) is 11.8 Å². The fraction of sp³-hybridized carbons (Fsp3) is 0.455. The van der Waals surface area contributed by atoms with Gasteiger partial charge in [-0.2, -0.15) is 0 Å². The molecule has 76 valence electrons. The lowest BCUT2D eigenvalue weighted by molar-refractivity contribution is 0.624. The number of halogens is 1. The van der Waals surface area contributed by atoms with E-state index in [9.17, 15) is 4.39 Å². The topological polar surface area (TPSA) is 12.0 Å². The fourth-order valence-electron chi connectivity index (χ4n) is 1.65. The maximum absolute atomic E-state index is 12.8. The van der Waals surface area contributed by atoms with Crippen molar-refractivity contribution in [1.82, 2.24) is 5.32 Å². The fourth-order valence-corrected chi connectivity index (χ4v) is 2.70. The lowest BCUT2D eigenvalue weighted by Crippen LogP contribution is -2.23. The Hall–Kier alpha value is -0.540. The Bertz CT molecular complexity index is 297. The number of nitrogens with one attached hydrogen (secondary N) is 1. The molecule has 3 heteroatoms. The lowest BCUT2D eigenvalue weighted by atomic mass is 10.3. The largest absolute Gasteiger partial charge is 0.313 e. The van der Waals surface area contributed by atoms with Crippen LogP contribution in [0.4, 0.5) is 4.39 Å². The molecule has 1 aliphatic rings. The first-order valence-electron chi connectivity index (χ1n) is 4.96. The van der Waals surface area contributed by atoms with E-state index in [2.05, 4.69) is 5.32 Å². The van der Waals surface area contributed by atoms with Gasteiger partial charge in [-0.1, -0.05) is 6.07 Å². The summed E-state index contributed by atoms with van der Waals surface area (Å²) in [4.78, 5) is 1.03. The predicted octanol–water partition coefficient (Wildman–Crippen LogP) is 2.67. The Morgan fingerprint density at radius 1 is 1.50 bits per heavy atom. The summed E-state index contributed by atoms with van der Waals surface area (Å²) in [6, 6.07) is 7.42. The van der Waals surface area contributed by atoms with Gasteiger partial charge in [0.05, 0.1) is 0 Å². The monoisotopic (exact) mass is 211 g/mol. The molecule has 14 heavy (non-hydrogen) atoms. The van der Waals surface area contributed by atoms with Crippen LogP contribution >= 0.6 is 11.8 Å². The Morgan fingerprint density at radius 2 is 2.43 bits per heavy atom. The van der Waals surface area contributed by atoms with Crippen molar-refractivity contribution in [2.45, 2.75) is 23.8 Å². The number of thioether (sulfide) groups is 1. The molecule has 0 aliphatic carbocycles. The molecule has 0 saturated carbocycles. The van der Waals surface area contributed by atoms with Gasteiger partial charge in [0.2, 0.25) is 0 Å². The summed E-state index contributed by atoms with van der Waals surface area (Å²) in [6.45, 7) is 1.13. The van der Waals surface area contributed by atoms with Crippen molar-refractivity contribution in [2.24, 2.45) is 0 Å². The minimum atomic E-state index is -0.144. The van der Waals surface area contributed by atoms with Gasteiger partial charge in [0.15, 0.2) is 0 Å². The molecule has 1 aromatic carbocycles. The molecule has 0 bridgehead atoms. The Morgan fingerprint density at radius 3 is 3.14 bits per heavy atom. The van der Waals surface area contributed by atoms with Crippen LogP contribution in [0.3, 0.4) is 0 Å². The smallest absolute Gasteiger partial charge is 0.124 e. The average molecular weight is 211 g/mol. The lowest BCUT2D eigenvalue weighted by Gasteiger charge is -2.08. The molecule has 1 atom stereocenters. The quantitative estimate of drug-likeness (QED) is 0.771. The summed E-state index contributed by atoms with van der Waals surface area (Å²) in [5, 5.41) is 3.43. The highest BCUT2D eigenvalue weighted by Gasteiger charge is 2.13. The van der Waals surface area contributed by atoms with Crippen LogP contribution < -0.4 is 5.32 Å². The zero-order valence-electron chi connectivity index (χ0n) is 8.00. The standard InChI is InChI=1S/C11H14FNS/c12-9-3-1-5-11(7-9)14-8-10-4-2-6-13-10/h1,3,5,7,10,13H,2,4,6,8H2/t10-/m1/s1. The van der Waals surface area contributed by atoms with Gasteiger partial charge in [0.1, 0.15) is 5.82 Å². The Kier molecular flexibility index (Phi) is 3.43. The van der Waals surface area contributed by atoms with Gasteiger partial charge >= 0.3 is 0 Å². The van der Waals surface area contributed by atoms with Crippen LogP contribution in [0, 0.1) is 5.82 Å². The first-order valence-corrected chi connectivity index (χ1v) is 5.95. The van der Waals surface area contributed by atoms with Crippen molar-refractivity contribution in [2.75, 3.05) is 12.3 Å². The Balaban J connectivity index is 1.85. The summed E-state index contributed by atoms with van der Waals surface area (Å²) in [6.07, 6.45) is 2.52. The minimum Gasteiger partial charge on any atom is -0.313 e. The van der Waals surface area contributed by atoms with E-state index < -0.39 is 0 Å². The van der Waals surface area contributed by atoms with Crippen LogP contribution in [0.5, 0.6) is 0 Å². The molecule has 1 saturated heterocycles. The molecular formula is C11H14FNS.